The van der Waals surface area contributed by atoms with Crippen molar-refractivity contribution in [1.29, 1.82) is 5.41 Å². The monoisotopic (exact) mass is 553 g/mol. The largest absolute Gasteiger partial charge is 0.480 e. The molecule has 0 radical (unpaired) electrons. The molecule has 0 aliphatic carbocycles. The second-order valence-electron chi connectivity index (χ2n) is 8.10. The lowest BCUT2D eigenvalue weighted by atomic mass is 10.0. The van der Waals surface area contributed by atoms with Gasteiger partial charge in [-0.2, -0.15) is 4.99 Å². The molecule has 1 fully saturated rings. The van der Waals surface area contributed by atoms with E-state index in [2.05, 4.69) is 34.6 Å². The number of benzene rings is 1. The van der Waals surface area contributed by atoms with Gasteiger partial charge in [0.2, 0.25) is 0 Å². The molecular weight excluding hydrogens is 522 g/mol. The first-order valence-corrected chi connectivity index (χ1v) is 12.1. The highest BCUT2D eigenvalue weighted by atomic mass is 32.1. The number of ether oxygens (including phenoxy) is 1. The van der Waals surface area contributed by atoms with Crippen LogP contribution in [0.3, 0.4) is 0 Å². The molecule has 37 heavy (non-hydrogen) atoms. The van der Waals surface area contributed by atoms with E-state index in [1.54, 1.807) is 32.0 Å². The van der Waals surface area contributed by atoms with Crippen molar-refractivity contribution in [3.05, 3.63) is 29.8 Å². The Morgan fingerprint density at radius 1 is 0.919 bits per heavy atom. The first-order chi connectivity index (χ1) is 17.7. The molecule has 1 saturated heterocycles. The van der Waals surface area contributed by atoms with Crippen molar-refractivity contribution in [1.82, 2.24) is 14.7 Å². The van der Waals surface area contributed by atoms with Crippen LogP contribution in [-0.2, 0) is 25.5 Å². The summed E-state index contributed by atoms with van der Waals surface area (Å²) in [4.78, 5) is 43.5. The van der Waals surface area contributed by atoms with Gasteiger partial charge in [-0.1, -0.05) is 12.1 Å². The molecule has 0 aromatic heterocycles. The molecule has 1 aliphatic heterocycles. The maximum Gasteiger partial charge on any atom is 0.317 e. The van der Waals surface area contributed by atoms with E-state index in [0.717, 1.165) is 5.56 Å². The van der Waals surface area contributed by atoms with Gasteiger partial charge in [-0.05, 0) is 48.6 Å². The summed E-state index contributed by atoms with van der Waals surface area (Å²) in [5.41, 5.74) is 1.58. The van der Waals surface area contributed by atoms with E-state index < -0.39 is 17.9 Å². The molecule has 1 unspecified atom stereocenters. The number of thiocarbonyl (C=S) groups is 2. The molecule has 1 heterocycles. The van der Waals surface area contributed by atoms with Gasteiger partial charge in [0.1, 0.15) is 0 Å². The highest BCUT2D eigenvalue weighted by molar-refractivity contribution is 7.78. The minimum Gasteiger partial charge on any atom is -0.480 e. The van der Waals surface area contributed by atoms with Crippen LogP contribution in [0.5, 0.6) is 0 Å². The van der Waals surface area contributed by atoms with Crippen LogP contribution in [-0.4, -0.2) is 130 Å². The number of hydrogen-bond donors (Lipinski definition) is 4. The average Bonchev–Trinajstić information content (AvgIpc) is 2.81. The van der Waals surface area contributed by atoms with Gasteiger partial charge < -0.3 is 20.1 Å². The summed E-state index contributed by atoms with van der Waals surface area (Å²) in [6.45, 7) is 1.61. The van der Waals surface area contributed by atoms with Crippen LogP contribution in [0.15, 0.2) is 29.3 Å². The van der Waals surface area contributed by atoms with Crippen LogP contribution in [0.2, 0.25) is 0 Å². The Morgan fingerprint density at radius 2 is 1.46 bits per heavy atom. The Labute approximate surface area is 225 Å². The Bertz CT molecular complexity index is 967. The molecule has 0 amide bonds. The highest BCUT2D eigenvalue weighted by Gasteiger charge is 2.26. The third kappa shape index (κ3) is 14.4. The maximum atomic E-state index is 11.6. The van der Waals surface area contributed by atoms with Crippen LogP contribution < -0.4 is 0 Å². The van der Waals surface area contributed by atoms with Gasteiger partial charge in [-0.25, -0.2) is 5.41 Å². The van der Waals surface area contributed by atoms with Crippen molar-refractivity contribution < 1.29 is 34.4 Å². The normalized spacial score (nSPS) is 18.0. The number of nitrogens with one attached hydrogen (secondary N) is 1. The van der Waals surface area contributed by atoms with Crippen LogP contribution in [0.1, 0.15) is 5.56 Å². The van der Waals surface area contributed by atoms with Gasteiger partial charge in [-0.15, -0.1) is 0 Å². The molecule has 0 bridgehead atoms. The standard InChI is InChI=1S/C22H30N4O7S.CHNS/c27-20(28)13-24-5-6-25(14-21(29)30)12-19(11-17-1-3-18(4-2-17)23-16-34)26(15-22(31)32)8-10-33-9-7-24;2-1-3/h1-4,19H,5-15H2,(H,27,28)(H,29,30)(H,31,32);2H. The average molecular weight is 554 g/mol. The van der Waals surface area contributed by atoms with Crippen LogP contribution in [0, 0.1) is 5.41 Å². The lowest BCUT2D eigenvalue weighted by Gasteiger charge is -2.36. The molecule has 4 N–H and O–H groups in total. The zero-order valence-electron chi connectivity index (χ0n) is 20.2. The van der Waals surface area contributed by atoms with E-state index in [1.807, 2.05) is 12.1 Å². The minimum atomic E-state index is -1.01. The fourth-order valence-electron chi connectivity index (χ4n) is 3.85. The highest BCUT2D eigenvalue weighted by Crippen LogP contribution is 2.17. The number of carboxylic acids is 3. The zero-order valence-corrected chi connectivity index (χ0v) is 21.9. The number of isothiocyanates is 2. The van der Waals surface area contributed by atoms with E-state index in [9.17, 15) is 29.7 Å². The van der Waals surface area contributed by atoms with Gasteiger partial charge in [0.25, 0.3) is 0 Å². The van der Waals surface area contributed by atoms with Gasteiger partial charge >= 0.3 is 17.9 Å². The molecule has 14 heteroatoms. The van der Waals surface area contributed by atoms with Gasteiger partial charge in [-0.3, -0.25) is 29.1 Å². The Hall–Kier alpha value is -2.93. The number of aliphatic carboxylic acids is 3. The maximum absolute atomic E-state index is 11.6. The van der Waals surface area contributed by atoms with E-state index in [0.29, 0.717) is 51.4 Å². The van der Waals surface area contributed by atoms with E-state index in [4.69, 9.17) is 10.1 Å². The molecule has 1 aromatic carbocycles. The van der Waals surface area contributed by atoms with E-state index in [-0.39, 0.29) is 32.3 Å². The topological polar surface area (TPSA) is 167 Å². The molecule has 12 nitrogen and oxygen atoms in total. The molecule has 202 valence electrons. The van der Waals surface area contributed by atoms with E-state index >= 15 is 0 Å². The zero-order chi connectivity index (χ0) is 27.6. The van der Waals surface area contributed by atoms with Crippen molar-refractivity contribution in [2.75, 3.05) is 65.6 Å². The van der Waals surface area contributed by atoms with Gasteiger partial charge in [0.05, 0.1) is 48.9 Å². The third-order valence-electron chi connectivity index (χ3n) is 5.43. The van der Waals surface area contributed by atoms with Crippen LogP contribution in [0.4, 0.5) is 5.69 Å². The first kappa shape index (κ1) is 32.1. The molecule has 1 atom stereocenters. The number of rotatable bonds is 9. The van der Waals surface area contributed by atoms with Crippen LogP contribution >= 0.6 is 24.4 Å². The van der Waals surface area contributed by atoms with Gasteiger partial charge in [0, 0.05) is 38.8 Å². The Balaban J connectivity index is 0.00000217. The summed E-state index contributed by atoms with van der Waals surface area (Å²) in [6.07, 6.45) is 0.476. The predicted octanol–water partition coefficient (Wildman–Crippen LogP) is 1.19. The smallest absolute Gasteiger partial charge is 0.317 e. The lowest BCUT2D eigenvalue weighted by Crippen LogP contribution is -2.51. The number of hydrogen-bond acceptors (Lipinski definition) is 11. The summed E-state index contributed by atoms with van der Waals surface area (Å²) in [6, 6.07) is 6.99. The molecule has 0 spiro atoms. The number of aliphatic imine (C=N–C) groups is 1. The summed E-state index contributed by atoms with van der Waals surface area (Å²) >= 11 is 8.43. The van der Waals surface area contributed by atoms with Gasteiger partial charge in [0.15, 0.2) is 0 Å². The summed E-state index contributed by atoms with van der Waals surface area (Å²) < 4.78 is 5.66. The molecule has 2 rings (SSSR count). The first-order valence-electron chi connectivity index (χ1n) is 11.3. The minimum absolute atomic E-state index is 0.171. The Kier molecular flexibility index (Phi) is 15.9. The number of nitrogens with zero attached hydrogens (tertiary/aromatic N) is 4. The fraction of sp³-hybridized carbons (Fsp3) is 0.522. The summed E-state index contributed by atoms with van der Waals surface area (Å²) in [5, 5.41) is 37.8. The van der Waals surface area contributed by atoms with Crippen molar-refractivity contribution in [2.24, 2.45) is 4.99 Å². The third-order valence-corrected chi connectivity index (χ3v) is 5.52. The summed E-state index contributed by atoms with van der Waals surface area (Å²) in [7, 11) is 0. The molecule has 1 aliphatic rings. The lowest BCUT2D eigenvalue weighted by molar-refractivity contribution is -0.141. The molecule has 1 aromatic rings. The fourth-order valence-corrected chi connectivity index (χ4v) is 3.96. The second-order valence-corrected chi connectivity index (χ2v) is 8.49. The SMILES string of the molecule is N=C=S.O=C(O)CN1CCOCCN(CC(=O)O)C(Cc2ccc(N=C=S)cc2)CN(CC(=O)O)CC1. The predicted molar refractivity (Wildman–Crippen MR) is 142 cm³/mol. The van der Waals surface area contributed by atoms with Crippen molar-refractivity contribution in [3.63, 3.8) is 0 Å². The molecular formula is C23H31N5O7S2. The quantitative estimate of drug-likeness (QED) is 0.255. The number of carboxylic acid groups (broad SMARTS) is 3. The summed E-state index contributed by atoms with van der Waals surface area (Å²) in [5.74, 6) is -2.96. The van der Waals surface area contributed by atoms with E-state index in [1.165, 1.54) is 0 Å². The van der Waals surface area contributed by atoms with Crippen molar-refractivity contribution in [3.8, 4) is 0 Å². The number of carbonyl (C=O) groups is 3. The Morgan fingerprint density at radius 3 is 2.03 bits per heavy atom. The van der Waals surface area contributed by atoms with Crippen molar-refractivity contribution >= 4 is 58.4 Å². The second kappa shape index (κ2) is 18.3. The van der Waals surface area contributed by atoms with Crippen molar-refractivity contribution in [2.45, 2.75) is 12.5 Å². The van der Waals surface area contributed by atoms with Crippen LogP contribution in [0.25, 0.3) is 0 Å². The molecule has 0 saturated carbocycles.